The molecule has 1 aromatic rings. The predicted octanol–water partition coefficient (Wildman–Crippen LogP) is 1.24. The zero-order valence-corrected chi connectivity index (χ0v) is 8.26. The molecule has 0 N–H and O–H groups in total. The van der Waals surface area contributed by atoms with Gasteiger partial charge in [0.25, 0.3) is 0 Å². The normalized spacial score (nSPS) is 20.5. The molecule has 0 unspecified atom stereocenters. The predicted molar refractivity (Wildman–Crippen MR) is 51.3 cm³/mol. The Hall–Kier alpha value is -1.65. The molecule has 2 rings (SSSR count). The average molecular weight is 208 g/mol. The molecule has 1 fully saturated rings. The minimum Gasteiger partial charge on any atom is -0.449 e. The van der Waals surface area contributed by atoms with Crippen LogP contribution < -0.4 is 0 Å². The first kappa shape index (κ1) is 9.89. The standard InChI is InChI=1S/C10H12N2O3/c13-9-2-1-8(5-9)6-15-10(14)12-4-3-11-7-12/h3-4,7-8H,1-2,5-6H2/t8-/m0/s1. The smallest absolute Gasteiger partial charge is 0.419 e. The minimum atomic E-state index is -0.438. The van der Waals surface area contributed by atoms with Gasteiger partial charge in [-0.25, -0.2) is 14.3 Å². The number of carbonyl (C=O) groups excluding carboxylic acids is 2. The van der Waals surface area contributed by atoms with Gasteiger partial charge in [-0.3, -0.25) is 4.79 Å². The van der Waals surface area contributed by atoms with Crippen LogP contribution in [0.15, 0.2) is 18.7 Å². The van der Waals surface area contributed by atoms with E-state index in [1.54, 1.807) is 0 Å². The highest BCUT2D eigenvalue weighted by Crippen LogP contribution is 2.21. The highest BCUT2D eigenvalue weighted by molar-refractivity contribution is 5.80. The maximum Gasteiger partial charge on any atom is 0.419 e. The number of hydrogen-bond donors (Lipinski definition) is 0. The van der Waals surface area contributed by atoms with Crippen LogP contribution in [0, 0.1) is 5.92 Å². The lowest BCUT2D eigenvalue weighted by Crippen LogP contribution is -2.16. The number of ketones is 1. The van der Waals surface area contributed by atoms with E-state index in [-0.39, 0.29) is 11.7 Å². The summed E-state index contributed by atoms with van der Waals surface area (Å²) in [5.74, 6) is 0.462. The number of hydrogen-bond acceptors (Lipinski definition) is 4. The number of nitrogens with zero attached hydrogens (tertiary/aromatic N) is 2. The molecule has 1 atom stereocenters. The number of ether oxygens (including phenoxy) is 1. The molecule has 0 saturated heterocycles. The van der Waals surface area contributed by atoms with E-state index < -0.39 is 6.09 Å². The second kappa shape index (κ2) is 4.25. The van der Waals surface area contributed by atoms with E-state index in [1.807, 2.05) is 0 Å². The first-order valence-corrected chi connectivity index (χ1v) is 4.92. The fraction of sp³-hybridized carbons (Fsp3) is 0.500. The summed E-state index contributed by atoms with van der Waals surface area (Å²) in [4.78, 5) is 26.1. The van der Waals surface area contributed by atoms with E-state index in [4.69, 9.17) is 4.74 Å². The molecule has 0 spiro atoms. The van der Waals surface area contributed by atoms with Crippen molar-refractivity contribution < 1.29 is 14.3 Å². The average Bonchev–Trinajstić information content (AvgIpc) is 2.84. The van der Waals surface area contributed by atoms with Gasteiger partial charge in [0.05, 0.1) is 6.61 Å². The van der Waals surface area contributed by atoms with Crippen molar-refractivity contribution in [2.24, 2.45) is 5.92 Å². The van der Waals surface area contributed by atoms with Crippen molar-refractivity contribution in [3.8, 4) is 0 Å². The lowest BCUT2D eigenvalue weighted by atomic mass is 10.1. The van der Waals surface area contributed by atoms with Crippen molar-refractivity contribution >= 4 is 11.9 Å². The van der Waals surface area contributed by atoms with Crippen molar-refractivity contribution in [1.82, 2.24) is 9.55 Å². The molecule has 1 aliphatic carbocycles. The molecule has 1 aromatic heterocycles. The van der Waals surface area contributed by atoms with Crippen molar-refractivity contribution in [2.75, 3.05) is 6.61 Å². The fourth-order valence-corrected chi connectivity index (χ4v) is 1.66. The minimum absolute atomic E-state index is 0.199. The van der Waals surface area contributed by atoms with Crippen molar-refractivity contribution in [2.45, 2.75) is 19.3 Å². The molecule has 1 aliphatic rings. The van der Waals surface area contributed by atoms with Crippen LogP contribution in [0.3, 0.4) is 0 Å². The number of imidazole rings is 1. The Morgan fingerprint density at radius 3 is 3.13 bits per heavy atom. The zero-order valence-electron chi connectivity index (χ0n) is 8.26. The van der Waals surface area contributed by atoms with Crippen molar-refractivity contribution in [1.29, 1.82) is 0 Å². The molecule has 0 bridgehead atoms. The van der Waals surface area contributed by atoms with Crippen LogP contribution in [0.2, 0.25) is 0 Å². The Morgan fingerprint density at radius 1 is 1.67 bits per heavy atom. The van der Waals surface area contributed by atoms with Gasteiger partial charge in [-0.05, 0) is 6.42 Å². The van der Waals surface area contributed by atoms with Gasteiger partial charge < -0.3 is 4.74 Å². The van der Waals surface area contributed by atoms with Gasteiger partial charge in [0.1, 0.15) is 12.1 Å². The quantitative estimate of drug-likeness (QED) is 0.733. The number of aromatic nitrogens is 2. The molecular weight excluding hydrogens is 196 g/mol. The Labute approximate surface area is 87.1 Å². The van der Waals surface area contributed by atoms with E-state index in [0.717, 1.165) is 6.42 Å². The van der Waals surface area contributed by atoms with Gasteiger partial charge in [-0.15, -0.1) is 0 Å². The SMILES string of the molecule is O=C1CC[C@H](COC(=O)n2ccnc2)C1. The van der Waals surface area contributed by atoms with E-state index in [2.05, 4.69) is 4.98 Å². The first-order chi connectivity index (χ1) is 7.25. The molecule has 15 heavy (non-hydrogen) atoms. The summed E-state index contributed by atoms with van der Waals surface area (Å²) in [6.07, 6.45) is 5.98. The molecule has 0 aromatic carbocycles. The maximum atomic E-state index is 11.4. The van der Waals surface area contributed by atoms with Gasteiger partial charge in [0.2, 0.25) is 0 Å². The van der Waals surface area contributed by atoms with Crippen LogP contribution in [0.5, 0.6) is 0 Å². The van der Waals surface area contributed by atoms with Crippen molar-refractivity contribution in [3.05, 3.63) is 18.7 Å². The molecule has 0 radical (unpaired) electrons. The van der Waals surface area contributed by atoms with Crippen molar-refractivity contribution in [3.63, 3.8) is 0 Å². The monoisotopic (exact) mass is 208 g/mol. The second-order valence-corrected chi connectivity index (χ2v) is 3.69. The third-order valence-corrected chi connectivity index (χ3v) is 2.51. The van der Waals surface area contributed by atoms with E-state index >= 15 is 0 Å². The van der Waals surface area contributed by atoms with Gasteiger partial charge in [-0.2, -0.15) is 0 Å². The molecule has 1 heterocycles. The molecular formula is C10H12N2O3. The number of carbonyl (C=O) groups is 2. The van der Waals surface area contributed by atoms with Crippen LogP contribution in [-0.2, 0) is 9.53 Å². The zero-order chi connectivity index (χ0) is 10.7. The largest absolute Gasteiger partial charge is 0.449 e. The Bertz CT molecular complexity index is 359. The molecule has 5 nitrogen and oxygen atoms in total. The van der Waals surface area contributed by atoms with Gasteiger partial charge in [-0.1, -0.05) is 0 Å². The van der Waals surface area contributed by atoms with Crippen LogP contribution in [0.4, 0.5) is 4.79 Å². The highest BCUT2D eigenvalue weighted by atomic mass is 16.5. The van der Waals surface area contributed by atoms with Gasteiger partial charge in [0, 0.05) is 31.2 Å². The Kier molecular flexibility index (Phi) is 2.80. The van der Waals surface area contributed by atoms with Crippen LogP contribution in [-0.4, -0.2) is 28.0 Å². The third-order valence-electron chi connectivity index (χ3n) is 2.51. The maximum absolute atomic E-state index is 11.4. The van der Waals surface area contributed by atoms with Crippen LogP contribution in [0.25, 0.3) is 0 Å². The summed E-state index contributed by atoms with van der Waals surface area (Å²) in [5, 5.41) is 0. The summed E-state index contributed by atoms with van der Waals surface area (Å²) in [5.41, 5.74) is 0. The van der Waals surface area contributed by atoms with E-state index in [9.17, 15) is 9.59 Å². The lowest BCUT2D eigenvalue weighted by molar-refractivity contribution is -0.117. The lowest BCUT2D eigenvalue weighted by Gasteiger charge is -2.08. The number of Topliss-reactive ketones (excluding diaryl/α,β-unsaturated/α-hetero) is 1. The van der Waals surface area contributed by atoms with Gasteiger partial charge >= 0.3 is 6.09 Å². The summed E-state index contributed by atoms with van der Waals surface area (Å²) in [7, 11) is 0. The molecule has 5 heteroatoms. The molecule has 0 aliphatic heterocycles. The second-order valence-electron chi connectivity index (χ2n) is 3.69. The fourth-order valence-electron chi connectivity index (χ4n) is 1.66. The topological polar surface area (TPSA) is 61.2 Å². The summed E-state index contributed by atoms with van der Waals surface area (Å²) in [6.45, 7) is 0.322. The molecule has 1 saturated carbocycles. The van der Waals surface area contributed by atoms with Crippen LogP contribution >= 0.6 is 0 Å². The summed E-state index contributed by atoms with van der Waals surface area (Å²) in [6, 6.07) is 0. The highest BCUT2D eigenvalue weighted by Gasteiger charge is 2.23. The molecule has 0 amide bonds. The Morgan fingerprint density at radius 2 is 2.53 bits per heavy atom. The Balaban J connectivity index is 1.79. The van der Waals surface area contributed by atoms with E-state index in [1.165, 1.54) is 23.3 Å². The first-order valence-electron chi connectivity index (χ1n) is 4.92. The summed E-state index contributed by atoms with van der Waals surface area (Å²) >= 11 is 0. The molecule has 80 valence electrons. The summed E-state index contributed by atoms with van der Waals surface area (Å²) < 4.78 is 6.33. The number of rotatable bonds is 2. The van der Waals surface area contributed by atoms with Crippen LogP contribution in [0.1, 0.15) is 19.3 Å². The third kappa shape index (κ3) is 2.43. The van der Waals surface area contributed by atoms with E-state index in [0.29, 0.717) is 19.4 Å². The van der Waals surface area contributed by atoms with Gasteiger partial charge in [0.15, 0.2) is 0 Å².